The van der Waals surface area contributed by atoms with Crippen LogP contribution in [0.5, 0.6) is 0 Å². The average molecular weight is 209 g/mol. The molecular weight excluding hydrogens is 193 g/mol. The van der Waals surface area contributed by atoms with E-state index in [0.29, 0.717) is 6.04 Å². The van der Waals surface area contributed by atoms with E-state index in [-0.39, 0.29) is 12.4 Å². The molecule has 2 N–H and O–H groups in total. The molecule has 0 heterocycles. The van der Waals surface area contributed by atoms with Gasteiger partial charge in [-0.2, -0.15) is 0 Å². The average Bonchev–Trinajstić information content (AvgIpc) is 3.01. The summed E-state index contributed by atoms with van der Waals surface area (Å²) < 4.78 is 13.1. The van der Waals surface area contributed by atoms with Gasteiger partial charge in [0.1, 0.15) is 5.82 Å². The van der Waals surface area contributed by atoms with Crippen molar-refractivity contribution >= 4 is 0 Å². The molecule has 1 aliphatic carbocycles. The molecule has 0 amide bonds. The van der Waals surface area contributed by atoms with E-state index in [1.54, 1.807) is 6.07 Å². The van der Waals surface area contributed by atoms with Crippen molar-refractivity contribution in [2.75, 3.05) is 6.61 Å². The van der Waals surface area contributed by atoms with Crippen LogP contribution in [0.3, 0.4) is 0 Å². The fourth-order valence-electron chi connectivity index (χ4n) is 1.73. The minimum Gasteiger partial charge on any atom is -0.394 e. The van der Waals surface area contributed by atoms with Crippen LogP contribution in [0, 0.1) is 5.82 Å². The van der Waals surface area contributed by atoms with Gasteiger partial charge in [0.2, 0.25) is 0 Å². The number of aliphatic hydroxyl groups is 1. The zero-order valence-corrected chi connectivity index (χ0v) is 8.83. The molecule has 0 spiro atoms. The highest BCUT2D eigenvalue weighted by Gasteiger charge is 2.33. The van der Waals surface area contributed by atoms with Gasteiger partial charge in [0.15, 0.2) is 0 Å². The van der Waals surface area contributed by atoms with Crippen LogP contribution in [0.2, 0.25) is 0 Å². The first-order valence-corrected chi connectivity index (χ1v) is 5.29. The Hall–Kier alpha value is -0.930. The predicted octanol–water partition coefficient (Wildman–Crippen LogP) is 1.79. The molecule has 0 bridgehead atoms. The van der Waals surface area contributed by atoms with E-state index in [2.05, 4.69) is 5.32 Å². The van der Waals surface area contributed by atoms with Gasteiger partial charge >= 0.3 is 0 Å². The number of aliphatic hydroxyl groups excluding tert-OH is 1. The molecule has 3 heteroatoms. The molecule has 1 fully saturated rings. The number of rotatable bonds is 4. The normalized spacial score (nSPS) is 19.9. The number of hydrogen-bond donors (Lipinski definition) is 2. The van der Waals surface area contributed by atoms with Crippen molar-refractivity contribution in [3.05, 3.63) is 35.6 Å². The van der Waals surface area contributed by atoms with Crippen LogP contribution in [-0.4, -0.2) is 17.8 Å². The molecule has 0 saturated heterocycles. The number of halogens is 1. The summed E-state index contributed by atoms with van der Waals surface area (Å²) in [6.07, 6.45) is 2.29. The molecular formula is C12H16FNO. The summed E-state index contributed by atoms with van der Waals surface area (Å²) in [5.41, 5.74) is 0.278. The Morgan fingerprint density at radius 3 is 2.80 bits per heavy atom. The van der Waals surface area contributed by atoms with E-state index in [9.17, 15) is 9.50 Å². The van der Waals surface area contributed by atoms with Crippen LogP contribution in [0.25, 0.3) is 0 Å². The van der Waals surface area contributed by atoms with Crippen LogP contribution in [0.4, 0.5) is 4.39 Å². The maximum atomic E-state index is 13.1. The second kappa shape index (κ2) is 3.91. The van der Waals surface area contributed by atoms with Crippen LogP contribution in [-0.2, 0) is 5.54 Å². The smallest absolute Gasteiger partial charge is 0.123 e. The lowest BCUT2D eigenvalue weighted by molar-refractivity contribution is 0.173. The van der Waals surface area contributed by atoms with Crippen LogP contribution in [0.15, 0.2) is 24.3 Å². The Labute approximate surface area is 89.1 Å². The van der Waals surface area contributed by atoms with Gasteiger partial charge < -0.3 is 10.4 Å². The van der Waals surface area contributed by atoms with Crippen molar-refractivity contribution in [2.45, 2.75) is 31.3 Å². The van der Waals surface area contributed by atoms with Gasteiger partial charge in [0, 0.05) is 6.04 Å². The summed E-state index contributed by atoms with van der Waals surface area (Å²) in [5.74, 6) is -0.259. The van der Waals surface area contributed by atoms with Crippen molar-refractivity contribution in [1.29, 1.82) is 0 Å². The molecule has 1 aromatic rings. The van der Waals surface area contributed by atoms with E-state index in [0.717, 1.165) is 18.4 Å². The highest BCUT2D eigenvalue weighted by atomic mass is 19.1. The molecule has 1 unspecified atom stereocenters. The van der Waals surface area contributed by atoms with Crippen LogP contribution >= 0.6 is 0 Å². The third-order valence-corrected chi connectivity index (χ3v) is 2.88. The summed E-state index contributed by atoms with van der Waals surface area (Å²) in [4.78, 5) is 0. The first-order valence-electron chi connectivity index (χ1n) is 5.29. The number of hydrogen-bond acceptors (Lipinski definition) is 2. The van der Waals surface area contributed by atoms with E-state index < -0.39 is 5.54 Å². The Morgan fingerprint density at radius 1 is 1.53 bits per heavy atom. The fourth-order valence-corrected chi connectivity index (χ4v) is 1.73. The molecule has 0 aromatic heterocycles. The lowest BCUT2D eigenvalue weighted by Crippen LogP contribution is -2.44. The molecule has 82 valence electrons. The fraction of sp³-hybridized carbons (Fsp3) is 0.500. The predicted molar refractivity (Wildman–Crippen MR) is 57.0 cm³/mol. The summed E-state index contributed by atoms with van der Waals surface area (Å²) in [6.45, 7) is 1.88. The zero-order chi connectivity index (χ0) is 10.9. The molecule has 2 nitrogen and oxygen atoms in total. The highest BCUT2D eigenvalue weighted by molar-refractivity contribution is 5.25. The van der Waals surface area contributed by atoms with Gasteiger partial charge in [0.05, 0.1) is 12.1 Å². The van der Waals surface area contributed by atoms with Gasteiger partial charge in [-0.1, -0.05) is 12.1 Å². The van der Waals surface area contributed by atoms with Crippen molar-refractivity contribution in [2.24, 2.45) is 0 Å². The quantitative estimate of drug-likeness (QED) is 0.792. The number of nitrogens with one attached hydrogen (secondary N) is 1. The first-order chi connectivity index (χ1) is 7.14. The minimum atomic E-state index is -0.525. The van der Waals surface area contributed by atoms with Gasteiger partial charge in [-0.15, -0.1) is 0 Å². The SMILES string of the molecule is CC(CO)(NC1CC1)c1cccc(F)c1. The van der Waals surface area contributed by atoms with Gasteiger partial charge in [-0.05, 0) is 37.5 Å². The second-order valence-corrected chi connectivity index (χ2v) is 4.42. The van der Waals surface area contributed by atoms with Crippen molar-refractivity contribution < 1.29 is 9.50 Å². The summed E-state index contributed by atoms with van der Waals surface area (Å²) in [6, 6.07) is 6.89. The molecule has 0 aliphatic heterocycles. The summed E-state index contributed by atoms with van der Waals surface area (Å²) >= 11 is 0. The Balaban J connectivity index is 2.23. The second-order valence-electron chi connectivity index (χ2n) is 4.42. The summed E-state index contributed by atoms with van der Waals surface area (Å²) in [5, 5.41) is 12.8. The van der Waals surface area contributed by atoms with Gasteiger partial charge in [-0.25, -0.2) is 4.39 Å². The Bertz CT molecular complexity index is 351. The van der Waals surface area contributed by atoms with E-state index in [1.165, 1.54) is 12.1 Å². The summed E-state index contributed by atoms with van der Waals surface area (Å²) in [7, 11) is 0. The lowest BCUT2D eigenvalue weighted by atomic mass is 9.92. The maximum Gasteiger partial charge on any atom is 0.123 e. The monoisotopic (exact) mass is 209 g/mol. The molecule has 1 atom stereocenters. The zero-order valence-electron chi connectivity index (χ0n) is 8.83. The highest BCUT2D eigenvalue weighted by Crippen LogP contribution is 2.28. The molecule has 1 aliphatic rings. The van der Waals surface area contributed by atoms with E-state index in [1.807, 2.05) is 13.0 Å². The van der Waals surface area contributed by atoms with Crippen molar-refractivity contribution in [3.63, 3.8) is 0 Å². The Morgan fingerprint density at radius 2 is 2.27 bits per heavy atom. The van der Waals surface area contributed by atoms with E-state index >= 15 is 0 Å². The third-order valence-electron chi connectivity index (χ3n) is 2.88. The van der Waals surface area contributed by atoms with Gasteiger partial charge in [-0.3, -0.25) is 0 Å². The maximum absolute atomic E-state index is 13.1. The van der Waals surface area contributed by atoms with Crippen LogP contribution < -0.4 is 5.32 Å². The molecule has 15 heavy (non-hydrogen) atoms. The Kier molecular flexibility index (Phi) is 2.76. The number of benzene rings is 1. The molecule has 1 saturated carbocycles. The van der Waals surface area contributed by atoms with Gasteiger partial charge in [0.25, 0.3) is 0 Å². The largest absolute Gasteiger partial charge is 0.394 e. The lowest BCUT2D eigenvalue weighted by Gasteiger charge is -2.29. The van der Waals surface area contributed by atoms with E-state index in [4.69, 9.17) is 0 Å². The molecule has 2 rings (SSSR count). The van der Waals surface area contributed by atoms with Crippen LogP contribution in [0.1, 0.15) is 25.3 Å². The molecule has 1 aromatic carbocycles. The third kappa shape index (κ3) is 2.36. The van der Waals surface area contributed by atoms with Crippen molar-refractivity contribution in [3.8, 4) is 0 Å². The first kappa shape index (κ1) is 10.6. The van der Waals surface area contributed by atoms with Crippen molar-refractivity contribution in [1.82, 2.24) is 5.32 Å². The standard InChI is InChI=1S/C12H16FNO/c1-12(8-15,14-11-5-6-11)9-3-2-4-10(13)7-9/h2-4,7,11,14-15H,5-6,8H2,1H3. The topological polar surface area (TPSA) is 32.3 Å². The minimum absolute atomic E-state index is 0.0209. The molecule has 0 radical (unpaired) electrons.